The van der Waals surface area contributed by atoms with Crippen LogP contribution in [0.15, 0.2) is 24.3 Å². The van der Waals surface area contributed by atoms with Crippen LogP contribution in [-0.2, 0) is 4.79 Å². The molecular formula is C22H32N4O. The van der Waals surface area contributed by atoms with Crippen LogP contribution in [0.4, 0.5) is 5.69 Å². The fraction of sp³-hybridized carbons (Fsp3) is 0.636. The minimum atomic E-state index is -0.118. The number of nitrogens with zero attached hydrogens (tertiary/aromatic N) is 3. The normalized spacial score (nSPS) is 23.6. The van der Waals surface area contributed by atoms with Gasteiger partial charge in [-0.3, -0.25) is 9.69 Å². The molecule has 1 amide bonds. The number of anilines is 1. The number of rotatable bonds is 6. The van der Waals surface area contributed by atoms with Gasteiger partial charge in [0, 0.05) is 37.9 Å². The monoisotopic (exact) mass is 368 g/mol. The number of nitrogens with one attached hydrogen (secondary N) is 1. The Kier molecular flexibility index (Phi) is 7.11. The minimum Gasteiger partial charge on any atom is -0.369 e. The van der Waals surface area contributed by atoms with E-state index in [2.05, 4.69) is 46.3 Å². The Morgan fingerprint density at radius 3 is 2.41 bits per heavy atom. The Bertz CT molecular complexity index is 635. The van der Waals surface area contributed by atoms with E-state index in [-0.39, 0.29) is 18.4 Å². The lowest BCUT2D eigenvalue weighted by Gasteiger charge is -2.37. The molecule has 3 rings (SSSR count). The third kappa shape index (κ3) is 5.97. The number of aryl methyl sites for hydroxylation is 1. The molecule has 0 spiro atoms. The van der Waals surface area contributed by atoms with Crippen LogP contribution in [-0.4, -0.2) is 49.6 Å². The van der Waals surface area contributed by atoms with E-state index >= 15 is 0 Å². The Hall–Kier alpha value is -2.06. The van der Waals surface area contributed by atoms with Gasteiger partial charge in [0.25, 0.3) is 0 Å². The zero-order valence-electron chi connectivity index (χ0n) is 16.5. The molecule has 1 aliphatic heterocycles. The summed E-state index contributed by atoms with van der Waals surface area (Å²) >= 11 is 0. The molecular weight excluding hydrogens is 336 g/mol. The molecule has 0 unspecified atom stereocenters. The molecule has 1 aromatic carbocycles. The van der Waals surface area contributed by atoms with Crippen LogP contribution in [0.1, 0.15) is 44.1 Å². The highest BCUT2D eigenvalue weighted by molar-refractivity contribution is 5.78. The van der Waals surface area contributed by atoms with E-state index in [0.29, 0.717) is 0 Å². The Labute approximate surface area is 163 Å². The number of piperazine rings is 1. The second-order valence-corrected chi connectivity index (χ2v) is 8.07. The minimum absolute atomic E-state index is 0.0194. The first-order chi connectivity index (χ1) is 13.1. The van der Waals surface area contributed by atoms with Gasteiger partial charge < -0.3 is 10.2 Å². The van der Waals surface area contributed by atoms with Gasteiger partial charge in [-0.1, -0.05) is 17.7 Å². The lowest BCUT2D eigenvalue weighted by atomic mass is 9.84. The largest absolute Gasteiger partial charge is 0.369 e. The van der Waals surface area contributed by atoms with Crippen molar-refractivity contribution in [3.8, 4) is 6.07 Å². The molecule has 1 saturated carbocycles. The first-order valence-corrected chi connectivity index (χ1v) is 10.3. The van der Waals surface area contributed by atoms with E-state index in [4.69, 9.17) is 5.26 Å². The zero-order chi connectivity index (χ0) is 19.1. The predicted molar refractivity (Wildman–Crippen MR) is 109 cm³/mol. The number of nitriles is 1. The SMILES string of the molecule is Cc1ccc(N2CCN(CC[C@H]3CC[C@H](NC(=O)CC#N)CC3)CC2)cc1. The van der Waals surface area contributed by atoms with Crippen LogP contribution < -0.4 is 10.2 Å². The number of amides is 1. The van der Waals surface area contributed by atoms with Gasteiger partial charge in [0.05, 0.1) is 6.07 Å². The maximum atomic E-state index is 11.5. The Balaban J connectivity index is 1.32. The van der Waals surface area contributed by atoms with Crippen LogP contribution in [0.3, 0.4) is 0 Å². The number of carbonyl (C=O) groups is 1. The van der Waals surface area contributed by atoms with E-state index in [9.17, 15) is 4.79 Å². The molecule has 27 heavy (non-hydrogen) atoms. The molecule has 2 fully saturated rings. The molecule has 0 atom stereocenters. The lowest BCUT2D eigenvalue weighted by molar-refractivity contribution is -0.121. The second kappa shape index (κ2) is 9.75. The summed E-state index contributed by atoms with van der Waals surface area (Å²) in [6.07, 6.45) is 5.76. The van der Waals surface area contributed by atoms with Crippen molar-refractivity contribution in [2.45, 2.75) is 51.5 Å². The topological polar surface area (TPSA) is 59.4 Å². The summed E-state index contributed by atoms with van der Waals surface area (Å²) in [5.74, 6) is 0.664. The first-order valence-electron chi connectivity index (χ1n) is 10.3. The van der Waals surface area contributed by atoms with Crippen LogP contribution in [0.25, 0.3) is 0 Å². The standard InChI is InChI=1S/C22H32N4O/c1-18-2-8-21(9-3-18)26-16-14-25(15-17-26)13-11-19-4-6-20(7-5-19)24-22(27)10-12-23/h2-3,8-9,19-20H,4-7,10-11,13-17H2,1H3,(H,24,27)/t19-,20-. The Morgan fingerprint density at radius 2 is 1.78 bits per heavy atom. The summed E-state index contributed by atoms with van der Waals surface area (Å²) in [5, 5.41) is 11.6. The molecule has 1 aliphatic carbocycles. The summed E-state index contributed by atoms with van der Waals surface area (Å²) in [5.41, 5.74) is 2.66. The van der Waals surface area contributed by atoms with Gasteiger partial charge >= 0.3 is 0 Å². The smallest absolute Gasteiger partial charge is 0.234 e. The maximum absolute atomic E-state index is 11.5. The summed E-state index contributed by atoms with van der Waals surface area (Å²) in [6, 6.07) is 11.1. The molecule has 2 aliphatic rings. The maximum Gasteiger partial charge on any atom is 0.234 e. The average molecular weight is 369 g/mol. The van der Waals surface area contributed by atoms with Gasteiger partial charge in [-0.25, -0.2) is 0 Å². The van der Waals surface area contributed by atoms with Crippen LogP contribution in [0.5, 0.6) is 0 Å². The summed E-state index contributed by atoms with van der Waals surface area (Å²) in [4.78, 5) is 16.6. The van der Waals surface area contributed by atoms with Crippen molar-refractivity contribution in [3.05, 3.63) is 29.8 Å². The van der Waals surface area contributed by atoms with E-state index in [0.717, 1.165) is 44.9 Å². The highest BCUT2D eigenvalue weighted by Crippen LogP contribution is 2.27. The number of carbonyl (C=O) groups excluding carboxylic acids is 1. The third-order valence-corrected chi connectivity index (χ3v) is 6.08. The van der Waals surface area contributed by atoms with Crippen molar-refractivity contribution >= 4 is 11.6 Å². The average Bonchev–Trinajstić information content (AvgIpc) is 2.69. The highest BCUT2D eigenvalue weighted by Gasteiger charge is 2.23. The van der Waals surface area contributed by atoms with Crippen molar-refractivity contribution in [2.75, 3.05) is 37.6 Å². The van der Waals surface area contributed by atoms with Crippen molar-refractivity contribution in [1.82, 2.24) is 10.2 Å². The lowest BCUT2D eigenvalue weighted by Crippen LogP contribution is -2.47. The van der Waals surface area contributed by atoms with Gasteiger partial charge in [-0.05, 0) is 63.6 Å². The van der Waals surface area contributed by atoms with E-state index in [1.807, 2.05) is 6.07 Å². The third-order valence-electron chi connectivity index (χ3n) is 6.08. The van der Waals surface area contributed by atoms with E-state index in [1.54, 1.807) is 0 Å². The van der Waals surface area contributed by atoms with E-state index in [1.165, 1.54) is 37.1 Å². The van der Waals surface area contributed by atoms with Crippen LogP contribution in [0, 0.1) is 24.2 Å². The Morgan fingerprint density at radius 1 is 1.11 bits per heavy atom. The number of hydrogen-bond donors (Lipinski definition) is 1. The quantitative estimate of drug-likeness (QED) is 0.838. The highest BCUT2D eigenvalue weighted by atomic mass is 16.1. The molecule has 1 aromatic rings. The molecule has 1 N–H and O–H groups in total. The van der Waals surface area contributed by atoms with Crippen molar-refractivity contribution in [1.29, 1.82) is 5.26 Å². The van der Waals surface area contributed by atoms with Crippen molar-refractivity contribution in [2.24, 2.45) is 5.92 Å². The molecule has 5 nitrogen and oxygen atoms in total. The van der Waals surface area contributed by atoms with E-state index < -0.39 is 0 Å². The molecule has 0 bridgehead atoms. The summed E-state index contributed by atoms with van der Waals surface area (Å²) in [7, 11) is 0. The molecule has 0 radical (unpaired) electrons. The fourth-order valence-corrected chi connectivity index (χ4v) is 4.30. The summed E-state index contributed by atoms with van der Waals surface area (Å²) in [6.45, 7) is 7.84. The van der Waals surface area contributed by atoms with Gasteiger partial charge in [0.15, 0.2) is 0 Å². The predicted octanol–water partition coefficient (Wildman–Crippen LogP) is 3.10. The van der Waals surface area contributed by atoms with Crippen LogP contribution >= 0.6 is 0 Å². The van der Waals surface area contributed by atoms with Crippen molar-refractivity contribution < 1.29 is 4.79 Å². The molecule has 146 valence electrons. The molecule has 5 heteroatoms. The van der Waals surface area contributed by atoms with Crippen LogP contribution in [0.2, 0.25) is 0 Å². The summed E-state index contributed by atoms with van der Waals surface area (Å²) < 4.78 is 0. The van der Waals surface area contributed by atoms with Gasteiger partial charge in [-0.15, -0.1) is 0 Å². The first kappa shape index (κ1) is 19.7. The second-order valence-electron chi connectivity index (χ2n) is 8.07. The number of benzene rings is 1. The molecule has 1 saturated heterocycles. The van der Waals surface area contributed by atoms with Gasteiger partial charge in [0.1, 0.15) is 6.42 Å². The molecule has 0 aromatic heterocycles. The number of hydrogen-bond acceptors (Lipinski definition) is 4. The van der Waals surface area contributed by atoms with Gasteiger partial charge in [-0.2, -0.15) is 5.26 Å². The van der Waals surface area contributed by atoms with Gasteiger partial charge in [0.2, 0.25) is 5.91 Å². The molecule has 1 heterocycles. The van der Waals surface area contributed by atoms with Crippen molar-refractivity contribution in [3.63, 3.8) is 0 Å². The fourth-order valence-electron chi connectivity index (χ4n) is 4.30. The zero-order valence-corrected chi connectivity index (χ0v) is 16.5.